The normalized spacial score (nSPS) is 25.4. The summed E-state index contributed by atoms with van der Waals surface area (Å²) in [6.07, 6.45) is 7.26. The molecule has 0 saturated heterocycles. The number of carbonyl (C=O) groups excluding carboxylic acids is 1. The highest BCUT2D eigenvalue weighted by molar-refractivity contribution is 5.94. The zero-order chi connectivity index (χ0) is 14.7. The van der Waals surface area contributed by atoms with Gasteiger partial charge in [0, 0.05) is 12.3 Å². The van der Waals surface area contributed by atoms with Crippen LogP contribution in [0, 0.1) is 5.92 Å². The minimum atomic E-state index is -0.434. The number of pyridine rings is 1. The predicted octanol–water partition coefficient (Wildman–Crippen LogP) is 1.90. The maximum Gasteiger partial charge on any atom is 0.253 e. The zero-order valence-corrected chi connectivity index (χ0v) is 12.1. The molecule has 2 aliphatic carbocycles. The molecule has 5 nitrogen and oxygen atoms in total. The summed E-state index contributed by atoms with van der Waals surface area (Å²) in [5.74, 6) is 1.07. The molecule has 0 aliphatic heterocycles. The highest BCUT2D eigenvalue weighted by Gasteiger charge is 2.25. The second-order valence-electron chi connectivity index (χ2n) is 6.07. The van der Waals surface area contributed by atoms with Gasteiger partial charge in [0.15, 0.2) is 0 Å². The van der Waals surface area contributed by atoms with Gasteiger partial charge in [-0.05, 0) is 37.7 Å². The summed E-state index contributed by atoms with van der Waals surface area (Å²) in [7, 11) is 0. The summed E-state index contributed by atoms with van der Waals surface area (Å²) in [6.45, 7) is 0.715. The van der Waals surface area contributed by atoms with E-state index in [4.69, 9.17) is 4.74 Å². The fourth-order valence-corrected chi connectivity index (χ4v) is 2.62. The van der Waals surface area contributed by atoms with Crippen LogP contribution < -0.4 is 10.1 Å². The average Bonchev–Trinajstić information content (AvgIpc) is 3.32. The number of nitrogens with zero attached hydrogens (tertiary/aromatic N) is 1. The fourth-order valence-electron chi connectivity index (χ4n) is 2.62. The van der Waals surface area contributed by atoms with Crippen molar-refractivity contribution in [3.05, 3.63) is 23.9 Å². The Hall–Kier alpha value is -1.62. The number of carbonyl (C=O) groups is 1. The second kappa shape index (κ2) is 6.43. The van der Waals surface area contributed by atoms with Gasteiger partial charge in [0.25, 0.3) is 5.91 Å². The van der Waals surface area contributed by atoms with E-state index < -0.39 is 6.10 Å². The SMILES string of the molecule is O=C(N[C@@H]1CCCC[C@H]1O)c1ccc(OCC2CC2)nc1. The minimum Gasteiger partial charge on any atom is -0.477 e. The smallest absolute Gasteiger partial charge is 0.253 e. The topological polar surface area (TPSA) is 71.5 Å². The molecule has 0 spiro atoms. The largest absolute Gasteiger partial charge is 0.477 e. The summed E-state index contributed by atoms with van der Waals surface area (Å²) < 4.78 is 5.55. The maximum absolute atomic E-state index is 12.1. The van der Waals surface area contributed by atoms with Gasteiger partial charge in [0.05, 0.1) is 24.3 Å². The van der Waals surface area contributed by atoms with E-state index in [1.807, 2.05) is 0 Å². The molecule has 0 unspecified atom stereocenters. The molecule has 2 saturated carbocycles. The standard InChI is InChI=1S/C16H22N2O3/c19-14-4-2-1-3-13(14)18-16(20)12-7-8-15(17-9-12)21-10-11-5-6-11/h7-9,11,13-14,19H,1-6,10H2,(H,18,20)/t13-,14-/m1/s1. The van der Waals surface area contributed by atoms with Crippen LogP contribution in [-0.4, -0.2) is 34.8 Å². The van der Waals surface area contributed by atoms with Crippen LogP contribution >= 0.6 is 0 Å². The predicted molar refractivity (Wildman–Crippen MR) is 78.2 cm³/mol. The number of aliphatic hydroxyl groups excluding tert-OH is 1. The van der Waals surface area contributed by atoms with Gasteiger partial charge in [0.2, 0.25) is 5.88 Å². The quantitative estimate of drug-likeness (QED) is 0.869. The van der Waals surface area contributed by atoms with E-state index in [0.29, 0.717) is 24.0 Å². The molecule has 3 rings (SSSR count). The molecule has 5 heteroatoms. The van der Waals surface area contributed by atoms with E-state index >= 15 is 0 Å². The molecule has 2 N–H and O–H groups in total. The van der Waals surface area contributed by atoms with Crippen LogP contribution in [0.3, 0.4) is 0 Å². The van der Waals surface area contributed by atoms with E-state index in [9.17, 15) is 9.90 Å². The number of aliphatic hydroxyl groups is 1. The number of aromatic nitrogens is 1. The van der Waals surface area contributed by atoms with Gasteiger partial charge in [-0.25, -0.2) is 4.98 Å². The van der Waals surface area contributed by atoms with E-state index in [0.717, 1.165) is 25.7 Å². The van der Waals surface area contributed by atoms with E-state index in [1.165, 1.54) is 19.0 Å². The second-order valence-corrected chi connectivity index (χ2v) is 6.07. The Morgan fingerprint density at radius 3 is 2.76 bits per heavy atom. The molecule has 0 bridgehead atoms. The summed E-state index contributed by atoms with van der Waals surface area (Å²) in [6, 6.07) is 3.31. The number of hydrogen-bond donors (Lipinski definition) is 2. The average molecular weight is 290 g/mol. The minimum absolute atomic E-state index is 0.142. The van der Waals surface area contributed by atoms with Crippen LogP contribution in [0.2, 0.25) is 0 Å². The first-order valence-corrected chi connectivity index (χ1v) is 7.80. The van der Waals surface area contributed by atoms with Crippen molar-refractivity contribution in [3.8, 4) is 5.88 Å². The molecule has 2 fully saturated rings. The number of rotatable bonds is 5. The summed E-state index contributed by atoms with van der Waals surface area (Å²) >= 11 is 0. The van der Waals surface area contributed by atoms with Gasteiger partial charge in [0.1, 0.15) is 0 Å². The first-order chi connectivity index (χ1) is 10.2. The molecule has 0 aromatic carbocycles. The van der Waals surface area contributed by atoms with Crippen molar-refractivity contribution in [2.45, 2.75) is 50.7 Å². The third-order valence-corrected chi connectivity index (χ3v) is 4.21. The molecule has 2 aliphatic rings. The molecular formula is C16H22N2O3. The summed E-state index contributed by atoms with van der Waals surface area (Å²) in [5.41, 5.74) is 0.506. The first kappa shape index (κ1) is 14.3. The number of hydrogen-bond acceptors (Lipinski definition) is 4. The van der Waals surface area contributed by atoms with Crippen molar-refractivity contribution >= 4 is 5.91 Å². The number of nitrogens with one attached hydrogen (secondary N) is 1. The lowest BCUT2D eigenvalue weighted by atomic mass is 9.92. The first-order valence-electron chi connectivity index (χ1n) is 7.80. The molecule has 1 heterocycles. The van der Waals surface area contributed by atoms with Gasteiger partial charge in [-0.2, -0.15) is 0 Å². The van der Waals surface area contributed by atoms with Crippen molar-refractivity contribution in [1.29, 1.82) is 0 Å². The van der Waals surface area contributed by atoms with Crippen LogP contribution in [0.25, 0.3) is 0 Å². The van der Waals surface area contributed by atoms with Crippen molar-refractivity contribution < 1.29 is 14.6 Å². The Morgan fingerprint density at radius 2 is 2.10 bits per heavy atom. The highest BCUT2D eigenvalue weighted by atomic mass is 16.5. The Bertz CT molecular complexity index is 485. The molecule has 21 heavy (non-hydrogen) atoms. The summed E-state index contributed by atoms with van der Waals surface area (Å²) in [4.78, 5) is 16.3. The van der Waals surface area contributed by atoms with Crippen molar-refractivity contribution in [1.82, 2.24) is 10.3 Å². The van der Waals surface area contributed by atoms with E-state index in [1.54, 1.807) is 12.1 Å². The zero-order valence-electron chi connectivity index (χ0n) is 12.1. The molecule has 1 aromatic heterocycles. The number of amides is 1. The van der Waals surface area contributed by atoms with Gasteiger partial charge < -0.3 is 15.2 Å². The highest BCUT2D eigenvalue weighted by Crippen LogP contribution is 2.29. The lowest BCUT2D eigenvalue weighted by molar-refractivity contribution is 0.0717. The Labute approximate surface area is 124 Å². The van der Waals surface area contributed by atoms with Gasteiger partial charge in [-0.15, -0.1) is 0 Å². The maximum atomic E-state index is 12.1. The van der Waals surface area contributed by atoms with Crippen molar-refractivity contribution in [2.75, 3.05) is 6.61 Å². The third kappa shape index (κ3) is 3.94. The molecular weight excluding hydrogens is 268 g/mol. The van der Waals surface area contributed by atoms with Crippen molar-refractivity contribution in [3.63, 3.8) is 0 Å². The van der Waals surface area contributed by atoms with Gasteiger partial charge in [-0.1, -0.05) is 12.8 Å². The molecule has 2 atom stereocenters. The lowest BCUT2D eigenvalue weighted by Gasteiger charge is -2.28. The molecule has 1 amide bonds. The van der Waals surface area contributed by atoms with E-state index in [-0.39, 0.29) is 11.9 Å². The molecule has 1 aromatic rings. The third-order valence-electron chi connectivity index (χ3n) is 4.21. The Kier molecular flexibility index (Phi) is 4.39. The van der Waals surface area contributed by atoms with Crippen LogP contribution in [-0.2, 0) is 0 Å². The van der Waals surface area contributed by atoms with Gasteiger partial charge in [-0.3, -0.25) is 4.79 Å². The lowest BCUT2D eigenvalue weighted by Crippen LogP contribution is -2.45. The van der Waals surface area contributed by atoms with E-state index in [2.05, 4.69) is 10.3 Å². The van der Waals surface area contributed by atoms with Crippen molar-refractivity contribution in [2.24, 2.45) is 5.92 Å². The van der Waals surface area contributed by atoms with Gasteiger partial charge >= 0.3 is 0 Å². The van der Waals surface area contributed by atoms with Crippen LogP contribution in [0.1, 0.15) is 48.9 Å². The van der Waals surface area contributed by atoms with Crippen LogP contribution in [0.15, 0.2) is 18.3 Å². The Balaban J connectivity index is 1.53. The Morgan fingerprint density at radius 1 is 1.29 bits per heavy atom. The monoisotopic (exact) mass is 290 g/mol. The van der Waals surface area contributed by atoms with Crippen LogP contribution in [0.5, 0.6) is 5.88 Å². The fraction of sp³-hybridized carbons (Fsp3) is 0.625. The van der Waals surface area contributed by atoms with Crippen LogP contribution in [0.4, 0.5) is 0 Å². The number of ether oxygens (including phenoxy) is 1. The molecule has 114 valence electrons. The summed E-state index contributed by atoms with van der Waals surface area (Å²) in [5, 5.41) is 12.8. The molecule has 0 radical (unpaired) electrons.